The van der Waals surface area contributed by atoms with Crippen LogP contribution in [0.1, 0.15) is 15.4 Å². The van der Waals surface area contributed by atoms with E-state index < -0.39 is 0 Å². The predicted octanol–water partition coefficient (Wildman–Crippen LogP) is 4.17. The molecule has 0 saturated carbocycles. The standard InChI is InChI=1S/C18H13BrN4OS/c19-13-5-7-14(8-6-13)23-11-12(9-21-23)18(24)20-10-17-22-15-3-1-2-4-16(15)25-17/h1-9,11H,10H2,(H,20,24). The van der Waals surface area contributed by atoms with Gasteiger partial charge in [0.25, 0.3) is 5.91 Å². The second-order valence-electron chi connectivity index (χ2n) is 5.41. The molecule has 25 heavy (non-hydrogen) atoms. The number of nitrogens with zero attached hydrogens (tertiary/aromatic N) is 3. The quantitative estimate of drug-likeness (QED) is 0.546. The highest BCUT2D eigenvalue weighted by Crippen LogP contribution is 2.21. The summed E-state index contributed by atoms with van der Waals surface area (Å²) in [5, 5.41) is 8.04. The van der Waals surface area contributed by atoms with Gasteiger partial charge in [-0.15, -0.1) is 11.3 Å². The van der Waals surface area contributed by atoms with Crippen LogP contribution in [0.25, 0.3) is 15.9 Å². The summed E-state index contributed by atoms with van der Waals surface area (Å²) < 4.78 is 3.80. The molecule has 0 radical (unpaired) electrons. The van der Waals surface area contributed by atoms with E-state index in [1.807, 2.05) is 48.5 Å². The minimum absolute atomic E-state index is 0.164. The number of rotatable bonds is 4. The van der Waals surface area contributed by atoms with E-state index in [4.69, 9.17) is 0 Å². The summed E-state index contributed by atoms with van der Waals surface area (Å²) >= 11 is 4.99. The molecule has 2 aromatic carbocycles. The number of aromatic nitrogens is 3. The Morgan fingerprint density at radius 1 is 1.16 bits per heavy atom. The second kappa shape index (κ2) is 6.78. The predicted molar refractivity (Wildman–Crippen MR) is 102 cm³/mol. The molecule has 0 aliphatic heterocycles. The van der Waals surface area contributed by atoms with E-state index >= 15 is 0 Å². The first-order valence-electron chi connectivity index (χ1n) is 7.62. The Morgan fingerprint density at radius 3 is 2.76 bits per heavy atom. The fraction of sp³-hybridized carbons (Fsp3) is 0.0556. The highest BCUT2D eigenvalue weighted by atomic mass is 79.9. The lowest BCUT2D eigenvalue weighted by molar-refractivity contribution is 0.0951. The van der Waals surface area contributed by atoms with Crippen molar-refractivity contribution < 1.29 is 4.79 Å². The number of hydrogen-bond donors (Lipinski definition) is 1. The van der Waals surface area contributed by atoms with Crippen LogP contribution >= 0.6 is 27.3 Å². The monoisotopic (exact) mass is 412 g/mol. The Hall–Kier alpha value is -2.51. The van der Waals surface area contributed by atoms with Crippen molar-refractivity contribution >= 4 is 43.4 Å². The zero-order valence-corrected chi connectivity index (χ0v) is 15.4. The molecule has 0 fully saturated rings. The van der Waals surface area contributed by atoms with Crippen molar-refractivity contribution in [1.29, 1.82) is 0 Å². The molecule has 0 unspecified atom stereocenters. The summed E-state index contributed by atoms with van der Waals surface area (Å²) in [6.07, 6.45) is 3.28. The van der Waals surface area contributed by atoms with Crippen molar-refractivity contribution in [3.8, 4) is 5.69 Å². The topological polar surface area (TPSA) is 59.8 Å². The molecule has 0 aliphatic carbocycles. The third kappa shape index (κ3) is 3.47. The van der Waals surface area contributed by atoms with Crippen molar-refractivity contribution in [3.05, 3.63) is 76.0 Å². The number of para-hydroxylation sites is 1. The molecule has 0 spiro atoms. The Labute approximate surface area is 156 Å². The average Bonchev–Trinajstić information content (AvgIpc) is 3.27. The number of halogens is 1. The summed E-state index contributed by atoms with van der Waals surface area (Å²) in [5.41, 5.74) is 2.37. The Kier molecular flexibility index (Phi) is 4.33. The minimum atomic E-state index is -0.164. The molecule has 0 bridgehead atoms. The van der Waals surface area contributed by atoms with Crippen LogP contribution in [0.15, 0.2) is 65.4 Å². The summed E-state index contributed by atoms with van der Waals surface area (Å²) in [6.45, 7) is 0.404. The van der Waals surface area contributed by atoms with Gasteiger partial charge in [0.1, 0.15) is 5.01 Å². The van der Waals surface area contributed by atoms with E-state index in [0.717, 1.165) is 25.4 Å². The van der Waals surface area contributed by atoms with Crippen LogP contribution < -0.4 is 5.32 Å². The first-order chi connectivity index (χ1) is 12.2. The molecule has 7 heteroatoms. The van der Waals surface area contributed by atoms with Gasteiger partial charge in [0.15, 0.2) is 0 Å². The summed E-state index contributed by atoms with van der Waals surface area (Å²) in [6, 6.07) is 15.7. The molecule has 0 aliphatic rings. The van der Waals surface area contributed by atoms with E-state index in [2.05, 4.69) is 31.3 Å². The van der Waals surface area contributed by atoms with Crippen LogP contribution in [0.4, 0.5) is 0 Å². The first-order valence-corrected chi connectivity index (χ1v) is 9.23. The number of carbonyl (C=O) groups is 1. The molecule has 1 amide bonds. The third-order valence-corrected chi connectivity index (χ3v) is 5.24. The van der Waals surface area contributed by atoms with Crippen LogP contribution in [0.5, 0.6) is 0 Å². The Balaban J connectivity index is 1.45. The molecular weight excluding hydrogens is 400 g/mol. The molecule has 4 aromatic rings. The highest BCUT2D eigenvalue weighted by Gasteiger charge is 2.11. The van der Waals surface area contributed by atoms with E-state index in [9.17, 15) is 4.79 Å². The molecule has 2 heterocycles. The lowest BCUT2D eigenvalue weighted by Gasteiger charge is -2.01. The number of fused-ring (bicyclic) bond motifs is 1. The molecule has 4 rings (SSSR count). The van der Waals surface area contributed by atoms with Crippen LogP contribution in [-0.4, -0.2) is 20.7 Å². The van der Waals surface area contributed by atoms with Crippen LogP contribution in [0, 0.1) is 0 Å². The van der Waals surface area contributed by atoms with Crippen molar-refractivity contribution in [1.82, 2.24) is 20.1 Å². The summed E-state index contributed by atoms with van der Waals surface area (Å²) in [5.74, 6) is -0.164. The molecule has 124 valence electrons. The molecule has 0 saturated heterocycles. The van der Waals surface area contributed by atoms with Gasteiger partial charge in [-0.3, -0.25) is 4.79 Å². The van der Waals surface area contributed by atoms with Crippen LogP contribution in [-0.2, 0) is 6.54 Å². The van der Waals surface area contributed by atoms with Gasteiger partial charge in [-0.25, -0.2) is 9.67 Å². The first kappa shape index (κ1) is 16.0. The number of hydrogen-bond acceptors (Lipinski definition) is 4. The van der Waals surface area contributed by atoms with Gasteiger partial charge >= 0.3 is 0 Å². The molecule has 2 aromatic heterocycles. The van der Waals surface area contributed by atoms with E-state index in [0.29, 0.717) is 12.1 Å². The van der Waals surface area contributed by atoms with Gasteiger partial charge in [0.2, 0.25) is 0 Å². The third-order valence-electron chi connectivity index (χ3n) is 3.67. The largest absolute Gasteiger partial charge is 0.345 e. The van der Waals surface area contributed by atoms with Gasteiger partial charge in [0.05, 0.1) is 34.2 Å². The smallest absolute Gasteiger partial charge is 0.254 e. The lowest BCUT2D eigenvalue weighted by Crippen LogP contribution is -2.22. The SMILES string of the molecule is O=C(NCc1nc2ccccc2s1)c1cnn(-c2ccc(Br)cc2)c1. The highest BCUT2D eigenvalue weighted by molar-refractivity contribution is 9.10. The number of nitrogens with one attached hydrogen (secondary N) is 1. The number of benzene rings is 2. The van der Waals surface area contributed by atoms with Crippen molar-refractivity contribution in [2.75, 3.05) is 0 Å². The van der Waals surface area contributed by atoms with E-state index in [-0.39, 0.29) is 5.91 Å². The van der Waals surface area contributed by atoms with Crippen LogP contribution in [0.2, 0.25) is 0 Å². The Morgan fingerprint density at radius 2 is 1.96 bits per heavy atom. The number of carbonyl (C=O) groups excluding carboxylic acids is 1. The second-order valence-corrected chi connectivity index (χ2v) is 7.44. The van der Waals surface area contributed by atoms with Crippen molar-refractivity contribution in [2.24, 2.45) is 0 Å². The lowest BCUT2D eigenvalue weighted by atomic mass is 10.3. The summed E-state index contributed by atoms with van der Waals surface area (Å²) in [4.78, 5) is 16.9. The fourth-order valence-electron chi connectivity index (χ4n) is 2.43. The van der Waals surface area contributed by atoms with E-state index in [1.165, 1.54) is 0 Å². The number of thiazole rings is 1. The maximum Gasteiger partial charge on any atom is 0.254 e. The zero-order valence-electron chi connectivity index (χ0n) is 13.0. The Bertz CT molecular complexity index is 1010. The maximum atomic E-state index is 12.3. The van der Waals surface area contributed by atoms with Gasteiger partial charge < -0.3 is 5.32 Å². The van der Waals surface area contributed by atoms with Gasteiger partial charge in [-0.2, -0.15) is 5.10 Å². The summed E-state index contributed by atoms with van der Waals surface area (Å²) in [7, 11) is 0. The van der Waals surface area contributed by atoms with Gasteiger partial charge in [-0.05, 0) is 36.4 Å². The normalized spacial score (nSPS) is 10.9. The van der Waals surface area contributed by atoms with Crippen LogP contribution in [0.3, 0.4) is 0 Å². The van der Waals surface area contributed by atoms with E-state index in [1.54, 1.807) is 28.4 Å². The average molecular weight is 413 g/mol. The van der Waals surface area contributed by atoms with Crippen molar-refractivity contribution in [2.45, 2.75) is 6.54 Å². The minimum Gasteiger partial charge on any atom is -0.345 e. The zero-order chi connectivity index (χ0) is 17.2. The van der Waals surface area contributed by atoms with Gasteiger partial charge in [0, 0.05) is 10.7 Å². The number of amides is 1. The molecule has 0 atom stereocenters. The fourth-order valence-corrected chi connectivity index (χ4v) is 3.60. The maximum absolute atomic E-state index is 12.3. The van der Waals surface area contributed by atoms with Crippen molar-refractivity contribution in [3.63, 3.8) is 0 Å². The van der Waals surface area contributed by atoms with Gasteiger partial charge in [-0.1, -0.05) is 28.1 Å². The molecule has 5 nitrogen and oxygen atoms in total. The molecule has 1 N–H and O–H groups in total. The molecular formula is C18H13BrN4OS.